The molecule has 0 heterocycles. The van der Waals surface area contributed by atoms with Crippen LogP contribution in [0.2, 0.25) is 0 Å². The van der Waals surface area contributed by atoms with Crippen molar-refractivity contribution in [2.45, 2.75) is 34.6 Å². The molecule has 0 spiro atoms. The summed E-state index contributed by atoms with van der Waals surface area (Å²) < 4.78 is 22.4. The minimum absolute atomic E-state index is 0.657. The smallest absolute Gasteiger partial charge is 0.259 e. The summed E-state index contributed by atoms with van der Waals surface area (Å²) in [5.41, 5.74) is 8.96. The second-order valence-corrected chi connectivity index (χ2v) is 6.67. The van der Waals surface area contributed by atoms with Crippen LogP contribution in [0.4, 0.5) is 5.69 Å². The van der Waals surface area contributed by atoms with E-state index in [1.807, 2.05) is 26.0 Å². The Balaban J connectivity index is 2.49. The summed E-state index contributed by atoms with van der Waals surface area (Å²) in [6.07, 6.45) is 2.22. The second kappa shape index (κ2) is 7.11. The van der Waals surface area contributed by atoms with Crippen molar-refractivity contribution in [1.29, 1.82) is 0 Å². The molecule has 0 bridgehead atoms. The van der Waals surface area contributed by atoms with Gasteiger partial charge in [0.2, 0.25) is 0 Å². The standard InChI is InChI=1S/C19H23NO2S/c1-12-7-6-8-13(2)18(12)11-16(5)19-14(3)9-17(10-15(19)4)20-23(21)22/h6-11,20H,1-5H3,(H,21,22). The molecule has 0 aromatic heterocycles. The number of anilines is 1. The van der Waals surface area contributed by atoms with Crippen LogP contribution >= 0.6 is 0 Å². The van der Waals surface area contributed by atoms with Gasteiger partial charge in [0.15, 0.2) is 0 Å². The van der Waals surface area contributed by atoms with Crippen molar-refractivity contribution < 1.29 is 8.76 Å². The maximum Gasteiger partial charge on any atom is 0.259 e. The number of aryl methyl sites for hydroxylation is 4. The van der Waals surface area contributed by atoms with E-state index in [2.05, 4.69) is 49.8 Å². The molecule has 2 aromatic carbocycles. The van der Waals surface area contributed by atoms with Crippen LogP contribution < -0.4 is 4.72 Å². The zero-order valence-electron chi connectivity index (χ0n) is 14.2. The Kier molecular flexibility index (Phi) is 5.39. The Hall–Kier alpha value is -1.91. The van der Waals surface area contributed by atoms with Crippen LogP contribution in [0.3, 0.4) is 0 Å². The molecule has 0 fully saturated rings. The molecular weight excluding hydrogens is 306 g/mol. The molecule has 1 unspecified atom stereocenters. The van der Waals surface area contributed by atoms with E-state index in [9.17, 15) is 4.21 Å². The zero-order chi connectivity index (χ0) is 17.1. The average molecular weight is 329 g/mol. The number of rotatable bonds is 4. The van der Waals surface area contributed by atoms with Gasteiger partial charge >= 0.3 is 0 Å². The largest absolute Gasteiger partial charge is 0.289 e. The highest BCUT2D eigenvalue weighted by molar-refractivity contribution is 7.80. The summed E-state index contributed by atoms with van der Waals surface area (Å²) in [6.45, 7) is 10.4. The number of benzene rings is 2. The maximum atomic E-state index is 10.9. The Labute approximate surface area is 140 Å². The molecule has 2 rings (SSSR count). The minimum atomic E-state index is -2.05. The molecule has 0 aliphatic rings. The molecule has 0 aliphatic heterocycles. The van der Waals surface area contributed by atoms with E-state index >= 15 is 0 Å². The van der Waals surface area contributed by atoms with E-state index in [0.29, 0.717) is 5.69 Å². The first-order valence-electron chi connectivity index (χ1n) is 7.53. The summed E-state index contributed by atoms with van der Waals surface area (Å²) in [5, 5.41) is 0. The van der Waals surface area contributed by atoms with Gasteiger partial charge in [-0.1, -0.05) is 24.3 Å². The van der Waals surface area contributed by atoms with Gasteiger partial charge in [-0.15, -0.1) is 0 Å². The highest BCUT2D eigenvalue weighted by Crippen LogP contribution is 2.29. The Bertz CT molecular complexity index is 751. The fraction of sp³-hybridized carbons (Fsp3) is 0.263. The lowest BCUT2D eigenvalue weighted by atomic mass is 9.92. The van der Waals surface area contributed by atoms with E-state index in [1.54, 1.807) is 0 Å². The van der Waals surface area contributed by atoms with Crippen molar-refractivity contribution in [3.05, 3.63) is 63.7 Å². The lowest BCUT2D eigenvalue weighted by molar-refractivity contribution is 0.570. The molecule has 1 atom stereocenters. The summed E-state index contributed by atoms with van der Waals surface area (Å²) >= 11 is -2.05. The molecular formula is C19H23NO2S. The third-order valence-corrected chi connectivity index (χ3v) is 4.45. The van der Waals surface area contributed by atoms with Crippen LogP contribution in [-0.4, -0.2) is 8.76 Å². The summed E-state index contributed by atoms with van der Waals surface area (Å²) in [4.78, 5) is 0. The Morgan fingerprint density at radius 2 is 1.57 bits per heavy atom. The highest BCUT2D eigenvalue weighted by Gasteiger charge is 2.09. The molecule has 3 nitrogen and oxygen atoms in total. The van der Waals surface area contributed by atoms with Crippen LogP contribution in [0.15, 0.2) is 30.3 Å². The molecule has 23 heavy (non-hydrogen) atoms. The Morgan fingerprint density at radius 1 is 1.04 bits per heavy atom. The molecule has 0 saturated heterocycles. The topological polar surface area (TPSA) is 49.3 Å². The summed E-state index contributed by atoms with van der Waals surface area (Å²) in [7, 11) is 0. The van der Waals surface area contributed by atoms with Crippen LogP contribution in [0.1, 0.15) is 40.3 Å². The first-order valence-corrected chi connectivity index (χ1v) is 8.64. The molecule has 0 saturated carbocycles. The molecule has 2 N–H and O–H groups in total. The third-order valence-electron chi connectivity index (χ3n) is 4.04. The molecule has 122 valence electrons. The number of nitrogens with one attached hydrogen (secondary N) is 1. The number of hydrogen-bond acceptors (Lipinski definition) is 1. The van der Waals surface area contributed by atoms with Crippen molar-refractivity contribution in [2.75, 3.05) is 4.72 Å². The van der Waals surface area contributed by atoms with Gasteiger partial charge < -0.3 is 0 Å². The van der Waals surface area contributed by atoms with Gasteiger partial charge in [0.1, 0.15) is 0 Å². The SMILES string of the molecule is CC(=Cc1c(C)cccc1C)c1c(C)cc(NS(=O)O)cc1C. The predicted octanol–water partition coefficient (Wildman–Crippen LogP) is 5.03. The van der Waals surface area contributed by atoms with Crippen LogP contribution in [0.5, 0.6) is 0 Å². The van der Waals surface area contributed by atoms with Crippen molar-refractivity contribution in [3.8, 4) is 0 Å². The first kappa shape index (κ1) is 17.4. The maximum absolute atomic E-state index is 10.9. The second-order valence-electron chi connectivity index (χ2n) is 5.97. The van der Waals surface area contributed by atoms with E-state index in [-0.39, 0.29) is 0 Å². The average Bonchev–Trinajstić information content (AvgIpc) is 2.41. The van der Waals surface area contributed by atoms with Gasteiger partial charge in [0.25, 0.3) is 11.3 Å². The molecule has 0 amide bonds. The Morgan fingerprint density at radius 3 is 2.04 bits per heavy atom. The third kappa shape index (κ3) is 4.09. The number of hydrogen-bond donors (Lipinski definition) is 2. The summed E-state index contributed by atoms with van der Waals surface area (Å²) in [5.74, 6) is 0. The number of allylic oxidation sites excluding steroid dienone is 1. The minimum Gasteiger partial charge on any atom is -0.289 e. The lowest BCUT2D eigenvalue weighted by Gasteiger charge is -2.14. The highest BCUT2D eigenvalue weighted by atomic mass is 32.2. The van der Waals surface area contributed by atoms with Crippen LogP contribution in [0.25, 0.3) is 11.6 Å². The van der Waals surface area contributed by atoms with Crippen LogP contribution in [0, 0.1) is 27.7 Å². The fourth-order valence-electron chi connectivity index (χ4n) is 3.09. The van der Waals surface area contributed by atoms with Crippen molar-refractivity contribution in [2.24, 2.45) is 0 Å². The van der Waals surface area contributed by atoms with Gasteiger partial charge in [0.05, 0.1) is 0 Å². The molecule has 0 aliphatic carbocycles. The quantitative estimate of drug-likeness (QED) is 0.610. The monoisotopic (exact) mass is 329 g/mol. The normalized spacial score (nSPS) is 13.0. The molecule has 4 heteroatoms. The molecule has 2 aromatic rings. The van der Waals surface area contributed by atoms with Gasteiger partial charge in [-0.2, -0.15) is 0 Å². The lowest BCUT2D eigenvalue weighted by Crippen LogP contribution is -2.03. The summed E-state index contributed by atoms with van der Waals surface area (Å²) in [6, 6.07) is 10.1. The van der Waals surface area contributed by atoms with Crippen molar-refractivity contribution in [3.63, 3.8) is 0 Å². The van der Waals surface area contributed by atoms with Gasteiger partial charge in [0, 0.05) is 5.69 Å². The van der Waals surface area contributed by atoms with E-state index in [0.717, 1.165) is 11.1 Å². The zero-order valence-corrected chi connectivity index (χ0v) is 15.0. The van der Waals surface area contributed by atoms with E-state index < -0.39 is 11.3 Å². The first-order chi connectivity index (χ1) is 10.8. The van der Waals surface area contributed by atoms with Crippen molar-refractivity contribution in [1.82, 2.24) is 0 Å². The van der Waals surface area contributed by atoms with Gasteiger partial charge in [-0.05, 0) is 85.7 Å². The van der Waals surface area contributed by atoms with Crippen molar-refractivity contribution >= 4 is 28.6 Å². The van der Waals surface area contributed by atoms with E-state index in [4.69, 9.17) is 4.55 Å². The van der Waals surface area contributed by atoms with Gasteiger partial charge in [-0.25, -0.2) is 4.21 Å². The van der Waals surface area contributed by atoms with Crippen LogP contribution in [-0.2, 0) is 11.3 Å². The molecule has 0 radical (unpaired) electrons. The fourth-order valence-corrected chi connectivity index (χ4v) is 3.41. The predicted molar refractivity (Wildman–Crippen MR) is 99.8 cm³/mol. The van der Waals surface area contributed by atoms with E-state index in [1.165, 1.54) is 27.8 Å². The van der Waals surface area contributed by atoms with Gasteiger partial charge in [-0.3, -0.25) is 9.27 Å².